The molecule has 0 aliphatic heterocycles. The van der Waals surface area contributed by atoms with Crippen LogP contribution in [0.1, 0.15) is 33.1 Å². The van der Waals surface area contributed by atoms with Gasteiger partial charge in [0.05, 0.1) is 6.61 Å². The molecular formula is C12H24N2O4. The van der Waals surface area contributed by atoms with Gasteiger partial charge in [-0.15, -0.1) is 0 Å². The zero-order chi connectivity index (χ0) is 14.0. The van der Waals surface area contributed by atoms with Crippen LogP contribution in [-0.4, -0.2) is 53.4 Å². The Kier molecular flexibility index (Phi) is 9.00. The van der Waals surface area contributed by atoms with E-state index < -0.39 is 5.97 Å². The van der Waals surface area contributed by atoms with Crippen LogP contribution in [-0.2, 0) is 4.79 Å². The molecule has 0 aromatic rings. The number of aliphatic hydroxyl groups excluding tert-OH is 1. The molecule has 3 N–H and O–H groups in total. The zero-order valence-electron chi connectivity index (χ0n) is 11.2. The summed E-state index contributed by atoms with van der Waals surface area (Å²) in [7, 11) is 0. The minimum absolute atomic E-state index is 0.0369. The van der Waals surface area contributed by atoms with Gasteiger partial charge in [-0.25, -0.2) is 4.79 Å². The number of aliphatic hydroxyl groups is 1. The molecule has 0 aliphatic carbocycles. The van der Waals surface area contributed by atoms with E-state index in [0.29, 0.717) is 19.6 Å². The molecule has 0 saturated carbocycles. The first kappa shape index (κ1) is 16.7. The Balaban J connectivity index is 4.04. The first-order valence-corrected chi connectivity index (χ1v) is 6.36. The average molecular weight is 260 g/mol. The summed E-state index contributed by atoms with van der Waals surface area (Å²) in [6.45, 7) is 4.98. The van der Waals surface area contributed by atoms with Crippen LogP contribution in [0.2, 0.25) is 0 Å². The number of carbonyl (C=O) groups excluding carboxylic acids is 1. The molecule has 0 spiro atoms. The largest absolute Gasteiger partial charge is 0.481 e. The van der Waals surface area contributed by atoms with Gasteiger partial charge in [-0.1, -0.05) is 20.3 Å². The molecule has 1 atom stereocenters. The molecule has 0 fully saturated rings. The van der Waals surface area contributed by atoms with Gasteiger partial charge in [-0.3, -0.25) is 4.79 Å². The lowest BCUT2D eigenvalue weighted by atomic mass is 10.1. The summed E-state index contributed by atoms with van der Waals surface area (Å²) in [5, 5.41) is 20.2. The summed E-state index contributed by atoms with van der Waals surface area (Å²) in [6, 6.07) is -0.241. The maximum Gasteiger partial charge on any atom is 0.317 e. The smallest absolute Gasteiger partial charge is 0.317 e. The summed E-state index contributed by atoms with van der Waals surface area (Å²) in [5.41, 5.74) is 0. The van der Waals surface area contributed by atoms with Crippen molar-refractivity contribution in [2.75, 3.05) is 26.2 Å². The predicted octanol–water partition coefficient (Wildman–Crippen LogP) is 0.901. The van der Waals surface area contributed by atoms with Gasteiger partial charge in [0, 0.05) is 26.1 Å². The van der Waals surface area contributed by atoms with Crippen molar-refractivity contribution in [1.82, 2.24) is 10.2 Å². The second-order valence-electron chi connectivity index (χ2n) is 4.45. The molecule has 2 amide bonds. The molecular weight excluding hydrogens is 236 g/mol. The molecule has 0 aromatic carbocycles. The third kappa shape index (κ3) is 7.89. The molecule has 0 rings (SSSR count). The van der Waals surface area contributed by atoms with Crippen LogP contribution >= 0.6 is 0 Å². The Morgan fingerprint density at radius 2 is 2.00 bits per heavy atom. The normalized spacial score (nSPS) is 11.9. The number of nitrogens with zero attached hydrogens (tertiary/aromatic N) is 1. The maximum atomic E-state index is 11.8. The van der Waals surface area contributed by atoms with Crippen molar-refractivity contribution in [3.05, 3.63) is 0 Å². The number of carbonyl (C=O) groups is 2. The predicted molar refractivity (Wildman–Crippen MR) is 68.4 cm³/mol. The van der Waals surface area contributed by atoms with Crippen molar-refractivity contribution >= 4 is 12.0 Å². The van der Waals surface area contributed by atoms with Gasteiger partial charge < -0.3 is 20.4 Å². The quantitative estimate of drug-likeness (QED) is 0.574. The van der Waals surface area contributed by atoms with E-state index in [9.17, 15) is 9.59 Å². The second kappa shape index (κ2) is 9.70. The van der Waals surface area contributed by atoms with Crippen LogP contribution in [0.15, 0.2) is 0 Å². The average Bonchev–Trinajstić information content (AvgIpc) is 2.30. The van der Waals surface area contributed by atoms with Crippen LogP contribution in [0.3, 0.4) is 0 Å². The van der Waals surface area contributed by atoms with E-state index in [4.69, 9.17) is 10.2 Å². The number of hydrogen-bond acceptors (Lipinski definition) is 3. The fraction of sp³-hybridized carbons (Fsp3) is 0.833. The number of hydrogen-bond donors (Lipinski definition) is 3. The standard InChI is InChI=1S/C12H24N2O4/c1-3-4-5-14(6-7-15)12(18)13-9-10(2)8-11(16)17/h10,15H,3-9H2,1-2H3,(H,13,18)(H,16,17). The summed E-state index contributed by atoms with van der Waals surface area (Å²) < 4.78 is 0. The highest BCUT2D eigenvalue weighted by molar-refractivity contribution is 5.74. The van der Waals surface area contributed by atoms with Crippen LogP contribution in [0.5, 0.6) is 0 Å². The van der Waals surface area contributed by atoms with Crippen molar-refractivity contribution in [3.8, 4) is 0 Å². The summed E-state index contributed by atoms with van der Waals surface area (Å²) in [5.74, 6) is -0.969. The Bertz CT molecular complexity index is 258. The van der Waals surface area contributed by atoms with E-state index >= 15 is 0 Å². The van der Waals surface area contributed by atoms with Gasteiger partial charge in [0.2, 0.25) is 0 Å². The fourth-order valence-corrected chi connectivity index (χ4v) is 1.53. The molecule has 0 saturated heterocycles. The minimum Gasteiger partial charge on any atom is -0.481 e. The van der Waals surface area contributed by atoms with Crippen LogP contribution in [0.25, 0.3) is 0 Å². The van der Waals surface area contributed by atoms with Gasteiger partial charge in [-0.2, -0.15) is 0 Å². The Labute approximate surface area is 108 Å². The number of urea groups is 1. The van der Waals surface area contributed by atoms with Crippen LogP contribution < -0.4 is 5.32 Å². The molecule has 0 radical (unpaired) electrons. The van der Waals surface area contributed by atoms with Crippen LogP contribution in [0, 0.1) is 5.92 Å². The molecule has 0 heterocycles. The number of carboxylic acid groups (broad SMARTS) is 1. The highest BCUT2D eigenvalue weighted by Gasteiger charge is 2.14. The summed E-state index contributed by atoms with van der Waals surface area (Å²) in [4.78, 5) is 23.8. The first-order chi connectivity index (χ1) is 8.51. The number of unbranched alkanes of at least 4 members (excludes halogenated alkanes) is 1. The maximum absolute atomic E-state index is 11.8. The number of carboxylic acids is 1. The minimum atomic E-state index is -0.866. The van der Waals surface area contributed by atoms with Crippen molar-refractivity contribution < 1.29 is 19.8 Å². The van der Waals surface area contributed by atoms with Gasteiger partial charge in [0.15, 0.2) is 0 Å². The van der Waals surface area contributed by atoms with E-state index in [1.807, 2.05) is 6.92 Å². The molecule has 106 valence electrons. The Hall–Kier alpha value is -1.30. The van der Waals surface area contributed by atoms with E-state index in [1.54, 1.807) is 11.8 Å². The topological polar surface area (TPSA) is 89.9 Å². The molecule has 6 heteroatoms. The zero-order valence-corrected chi connectivity index (χ0v) is 11.2. The van der Waals surface area contributed by atoms with Crippen molar-refractivity contribution in [2.24, 2.45) is 5.92 Å². The van der Waals surface area contributed by atoms with E-state index in [1.165, 1.54) is 0 Å². The number of aliphatic carboxylic acids is 1. The Morgan fingerprint density at radius 3 is 2.50 bits per heavy atom. The van der Waals surface area contributed by atoms with Gasteiger partial charge in [-0.05, 0) is 12.3 Å². The first-order valence-electron chi connectivity index (χ1n) is 6.36. The summed E-state index contributed by atoms with van der Waals surface area (Å²) in [6.07, 6.45) is 1.90. The number of rotatable bonds is 9. The lowest BCUT2D eigenvalue weighted by Crippen LogP contribution is -2.43. The summed E-state index contributed by atoms with van der Waals surface area (Å²) >= 11 is 0. The molecule has 0 aliphatic rings. The second-order valence-corrected chi connectivity index (χ2v) is 4.45. The Morgan fingerprint density at radius 1 is 1.33 bits per heavy atom. The third-order valence-electron chi connectivity index (χ3n) is 2.56. The van der Waals surface area contributed by atoms with Crippen molar-refractivity contribution in [1.29, 1.82) is 0 Å². The lowest BCUT2D eigenvalue weighted by Gasteiger charge is -2.22. The molecule has 0 bridgehead atoms. The highest BCUT2D eigenvalue weighted by Crippen LogP contribution is 2.01. The van der Waals surface area contributed by atoms with E-state index in [2.05, 4.69) is 5.32 Å². The monoisotopic (exact) mass is 260 g/mol. The highest BCUT2D eigenvalue weighted by atomic mass is 16.4. The van der Waals surface area contributed by atoms with Crippen LogP contribution in [0.4, 0.5) is 4.79 Å². The molecule has 18 heavy (non-hydrogen) atoms. The molecule has 0 aromatic heterocycles. The SMILES string of the molecule is CCCCN(CCO)C(=O)NCC(C)CC(=O)O. The van der Waals surface area contributed by atoms with Crippen molar-refractivity contribution in [2.45, 2.75) is 33.1 Å². The van der Waals surface area contributed by atoms with Gasteiger partial charge in [0.25, 0.3) is 0 Å². The van der Waals surface area contributed by atoms with E-state index in [0.717, 1.165) is 12.8 Å². The molecule has 6 nitrogen and oxygen atoms in total. The molecule has 1 unspecified atom stereocenters. The van der Waals surface area contributed by atoms with Crippen molar-refractivity contribution in [3.63, 3.8) is 0 Å². The number of nitrogens with one attached hydrogen (secondary N) is 1. The third-order valence-corrected chi connectivity index (χ3v) is 2.56. The lowest BCUT2D eigenvalue weighted by molar-refractivity contribution is -0.137. The van der Waals surface area contributed by atoms with E-state index in [-0.39, 0.29) is 25.0 Å². The number of amides is 2. The fourth-order valence-electron chi connectivity index (χ4n) is 1.53. The van der Waals surface area contributed by atoms with Gasteiger partial charge in [0.1, 0.15) is 0 Å². The van der Waals surface area contributed by atoms with Gasteiger partial charge >= 0.3 is 12.0 Å².